The van der Waals surface area contributed by atoms with E-state index in [-0.39, 0.29) is 0 Å². The van der Waals surface area contributed by atoms with Crippen LogP contribution in [0.5, 0.6) is 0 Å². The molecule has 0 radical (unpaired) electrons. The number of piperidine rings is 1. The zero-order chi connectivity index (χ0) is 13.6. The molecule has 2 aliphatic heterocycles. The molecule has 2 aliphatic rings. The number of rotatable bonds is 2. The van der Waals surface area contributed by atoms with Crippen molar-refractivity contribution in [3.05, 3.63) is 17.5 Å². The first-order chi connectivity index (χ1) is 9.04. The number of fused-ring (bicyclic) bond motifs is 2. The zero-order valence-corrected chi connectivity index (χ0v) is 12.7. The lowest BCUT2D eigenvalue weighted by atomic mass is 10.0. The van der Waals surface area contributed by atoms with Crippen molar-refractivity contribution in [3.63, 3.8) is 0 Å². The fourth-order valence-corrected chi connectivity index (χ4v) is 3.84. The summed E-state index contributed by atoms with van der Waals surface area (Å²) in [6, 6.07) is 3.19. The molecule has 2 atom stereocenters. The average molecular weight is 280 g/mol. The van der Waals surface area contributed by atoms with E-state index in [1.807, 2.05) is 0 Å². The van der Waals surface area contributed by atoms with E-state index in [0.29, 0.717) is 23.4 Å². The minimum absolute atomic E-state index is 0.336. The van der Waals surface area contributed by atoms with Crippen LogP contribution in [0.2, 0.25) is 0 Å². The maximum Gasteiger partial charge on any atom is 0.226 e. The van der Waals surface area contributed by atoms with E-state index in [2.05, 4.69) is 36.7 Å². The van der Waals surface area contributed by atoms with Crippen molar-refractivity contribution in [3.8, 4) is 0 Å². The fraction of sp³-hybridized carbons (Fsp3) is 0.733. The van der Waals surface area contributed by atoms with Crippen molar-refractivity contribution in [2.75, 3.05) is 4.90 Å². The summed E-state index contributed by atoms with van der Waals surface area (Å²) in [4.78, 5) is 11.9. The molecule has 2 bridgehead atoms. The lowest BCUT2D eigenvalue weighted by Gasteiger charge is -2.37. The van der Waals surface area contributed by atoms with Gasteiger partial charge >= 0.3 is 0 Å². The molecule has 3 heterocycles. The molecular weight excluding hydrogens is 258 g/mol. The molecule has 19 heavy (non-hydrogen) atoms. The third-order valence-electron chi connectivity index (χ3n) is 4.36. The number of aryl methyl sites for hydroxylation is 1. The number of hydrogen-bond donors (Lipinski definition) is 0. The highest BCUT2D eigenvalue weighted by Gasteiger charge is 2.41. The molecule has 0 N–H and O–H groups in total. The smallest absolute Gasteiger partial charge is 0.226 e. The van der Waals surface area contributed by atoms with Crippen molar-refractivity contribution in [1.29, 1.82) is 0 Å². The third-order valence-corrected chi connectivity index (χ3v) is 4.72. The van der Waals surface area contributed by atoms with Gasteiger partial charge in [0.15, 0.2) is 0 Å². The van der Waals surface area contributed by atoms with Gasteiger partial charge in [0, 0.05) is 28.8 Å². The topological polar surface area (TPSA) is 29.0 Å². The molecule has 104 valence electrons. The second-order valence-corrected chi connectivity index (χ2v) is 6.87. The Balaban J connectivity index is 1.94. The van der Waals surface area contributed by atoms with Gasteiger partial charge in [0.1, 0.15) is 0 Å². The second-order valence-electron chi connectivity index (χ2n) is 6.25. The van der Waals surface area contributed by atoms with E-state index in [1.54, 1.807) is 0 Å². The predicted octanol–water partition coefficient (Wildman–Crippen LogP) is 3.65. The molecule has 2 unspecified atom stereocenters. The average Bonchev–Trinajstić information content (AvgIpc) is 2.61. The molecule has 0 aromatic carbocycles. The minimum Gasteiger partial charge on any atom is -0.335 e. The van der Waals surface area contributed by atoms with Gasteiger partial charge in [0.05, 0.1) is 0 Å². The van der Waals surface area contributed by atoms with Crippen LogP contribution in [-0.2, 0) is 0 Å². The van der Waals surface area contributed by atoms with Crippen LogP contribution in [0, 0.1) is 6.92 Å². The quantitative estimate of drug-likeness (QED) is 0.774. The molecule has 0 spiro atoms. The number of alkyl halides is 1. The van der Waals surface area contributed by atoms with Crippen LogP contribution in [0.3, 0.4) is 0 Å². The van der Waals surface area contributed by atoms with Gasteiger partial charge < -0.3 is 4.90 Å². The Morgan fingerprint density at radius 2 is 1.84 bits per heavy atom. The second kappa shape index (κ2) is 4.93. The van der Waals surface area contributed by atoms with Gasteiger partial charge in [0.25, 0.3) is 0 Å². The Kier molecular flexibility index (Phi) is 3.42. The van der Waals surface area contributed by atoms with Crippen molar-refractivity contribution < 1.29 is 0 Å². The number of nitrogens with zero attached hydrogens (tertiary/aromatic N) is 3. The molecule has 1 aromatic heterocycles. The van der Waals surface area contributed by atoms with E-state index in [9.17, 15) is 0 Å². The Bertz CT molecular complexity index is 460. The maximum absolute atomic E-state index is 6.34. The highest BCUT2D eigenvalue weighted by Crippen LogP contribution is 2.39. The van der Waals surface area contributed by atoms with Crippen LogP contribution >= 0.6 is 11.6 Å². The molecule has 2 saturated heterocycles. The lowest BCUT2D eigenvalue weighted by Crippen LogP contribution is -2.44. The van der Waals surface area contributed by atoms with Crippen LogP contribution in [0.15, 0.2) is 6.07 Å². The number of aromatic nitrogens is 2. The molecule has 0 saturated carbocycles. The Labute approximate surface area is 120 Å². The van der Waals surface area contributed by atoms with Crippen molar-refractivity contribution >= 4 is 17.5 Å². The van der Waals surface area contributed by atoms with E-state index in [0.717, 1.165) is 30.2 Å². The van der Waals surface area contributed by atoms with Gasteiger partial charge in [-0.3, -0.25) is 0 Å². The van der Waals surface area contributed by atoms with Crippen molar-refractivity contribution in [2.24, 2.45) is 0 Å². The van der Waals surface area contributed by atoms with Crippen LogP contribution < -0.4 is 4.90 Å². The molecule has 1 aromatic rings. The van der Waals surface area contributed by atoms with E-state index < -0.39 is 0 Å². The summed E-state index contributed by atoms with van der Waals surface area (Å²) in [5, 5.41) is 0.336. The highest BCUT2D eigenvalue weighted by molar-refractivity contribution is 6.20. The highest BCUT2D eigenvalue weighted by atomic mass is 35.5. The first-order valence-corrected chi connectivity index (χ1v) is 7.76. The van der Waals surface area contributed by atoms with Gasteiger partial charge in [-0.25, -0.2) is 9.97 Å². The van der Waals surface area contributed by atoms with Crippen LogP contribution in [0.1, 0.15) is 56.8 Å². The Morgan fingerprint density at radius 3 is 2.42 bits per heavy atom. The number of anilines is 1. The molecule has 4 heteroatoms. The van der Waals surface area contributed by atoms with Crippen LogP contribution in [-0.4, -0.2) is 27.4 Å². The first kappa shape index (κ1) is 13.2. The molecule has 2 fully saturated rings. The monoisotopic (exact) mass is 279 g/mol. The van der Waals surface area contributed by atoms with E-state index in [4.69, 9.17) is 16.6 Å². The van der Waals surface area contributed by atoms with Crippen molar-refractivity contribution in [1.82, 2.24) is 9.97 Å². The SMILES string of the molecule is Cc1cc(C(C)C)nc(N2C3CCC2CC(Cl)C3)n1. The summed E-state index contributed by atoms with van der Waals surface area (Å²) < 4.78 is 0. The largest absolute Gasteiger partial charge is 0.335 e. The lowest BCUT2D eigenvalue weighted by molar-refractivity contribution is 0.465. The summed E-state index contributed by atoms with van der Waals surface area (Å²) in [7, 11) is 0. The summed E-state index contributed by atoms with van der Waals surface area (Å²) in [6.45, 7) is 6.43. The van der Waals surface area contributed by atoms with Crippen LogP contribution in [0.4, 0.5) is 5.95 Å². The van der Waals surface area contributed by atoms with Gasteiger partial charge in [0.2, 0.25) is 5.95 Å². The molecule has 3 rings (SSSR count). The minimum atomic E-state index is 0.336. The Morgan fingerprint density at radius 1 is 1.21 bits per heavy atom. The van der Waals surface area contributed by atoms with Gasteiger partial charge in [-0.15, -0.1) is 11.6 Å². The molecular formula is C15H22ClN3. The van der Waals surface area contributed by atoms with Crippen molar-refractivity contribution in [2.45, 2.75) is 69.8 Å². The van der Waals surface area contributed by atoms with Gasteiger partial charge in [-0.1, -0.05) is 13.8 Å². The number of halogens is 1. The van der Waals surface area contributed by atoms with Gasteiger partial charge in [-0.2, -0.15) is 0 Å². The number of hydrogen-bond acceptors (Lipinski definition) is 3. The molecule has 3 nitrogen and oxygen atoms in total. The van der Waals surface area contributed by atoms with E-state index in [1.165, 1.54) is 12.8 Å². The van der Waals surface area contributed by atoms with Crippen LogP contribution in [0.25, 0.3) is 0 Å². The zero-order valence-electron chi connectivity index (χ0n) is 11.9. The molecule has 0 aliphatic carbocycles. The van der Waals surface area contributed by atoms with Gasteiger partial charge in [-0.05, 0) is 44.6 Å². The summed E-state index contributed by atoms with van der Waals surface area (Å²) in [5.41, 5.74) is 2.22. The maximum atomic E-state index is 6.34. The normalized spacial score (nSPS) is 30.2. The van der Waals surface area contributed by atoms with E-state index >= 15 is 0 Å². The first-order valence-electron chi connectivity index (χ1n) is 7.32. The fourth-order valence-electron chi connectivity index (χ4n) is 3.43. The summed E-state index contributed by atoms with van der Waals surface area (Å²) in [5.74, 6) is 1.38. The summed E-state index contributed by atoms with van der Waals surface area (Å²) >= 11 is 6.34. The molecule has 0 amide bonds. The summed E-state index contributed by atoms with van der Waals surface area (Å²) in [6.07, 6.45) is 4.63. The Hall–Kier alpha value is -0.830. The predicted molar refractivity (Wildman–Crippen MR) is 79.0 cm³/mol. The third kappa shape index (κ3) is 2.45. The standard InChI is InChI=1S/C15H22ClN3/c1-9(2)14-6-10(3)17-15(18-14)19-12-4-5-13(19)8-11(16)7-12/h6,9,11-13H,4-5,7-8H2,1-3H3.